The topological polar surface area (TPSA) is 258 Å². The SMILES string of the molecule is C[C@]12CCC(=O)C=C1CC[C@@H]1C2[C@@H](O)C[C@@]2(C)[C@H]1CC[C@]2(O)C(=O)CO.O=C(OOC(=O)c1ccccc1)c1ccccc1.O=S(=O)([O-])O.Oc1cccc2cccnc12.[K+]. The zero-order valence-corrected chi connectivity index (χ0v) is 38.0. The molecule has 4 aliphatic carbocycles. The summed E-state index contributed by atoms with van der Waals surface area (Å²) in [7, 11) is -4.92. The molecule has 0 radical (unpaired) electrons. The number of aromatic hydroxyl groups is 1. The molecule has 5 N–H and O–H groups in total. The number of pyridine rings is 1. The summed E-state index contributed by atoms with van der Waals surface area (Å²) < 4.78 is 32.8. The summed E-state index contributed by atoms with van der Waals surface area (Å²) in [5.74, 6) is -1.04. The summed E-state index contributed by atoms with van der Waals surface area (Å²) in [5, 5.41) is 42.0. The normalized spacial score (nSPS) is 27.1. The van der Waals surface area contributed by atoms with Crippen molar-refractivity contribution in [1.82, 2.24) is 4.98 Å². The Labute approximate surface area is 396 Å². The van der Waals surface area contributed by atoms with Crippen molar-refractivity contribution in [3.8, 4) is 5.75 Å². The van der Waals surface area contributed by atoms with Crippen molar-refractivity contribution in [2.75, 3.05) is 6.61 Å². The number of carbonyl (C=O) groups excluding carboxylic acids is 4. The number of aliphatic hydroxyl groups excluding tert-OH is 2. The van der Waals surface area contributed by atoms with Gasteiger partial charge < -0.3 is 25.0 Å². The third-order valence-electron chi connectivity index (χ3n) is 12.5. The minimum Gasteiger partial charge on any atom is -0.726 e. The molecule has 0 aliphatic heterocycles. The van der Waals surface area contributed by atoms with Crippen LogP contribution in [0.25, 0.3) is 10.9 Å². The maximum atomic E-state index is 12.4. The molecular weight excluding hydrogens is 838 g/mol. The number of fused-ring (bicyclic) bond motifs is 6. The Bertz CT molecular complexity index is 2260. The number of aliphatic hydroxyl groups is 3. The maximum Gasteiger partial charge on any atom is 1.00 e. The molecule has 3 aromatic carbocycles. The number of hydrogen-bond donors (Lipinski definition) is 5. The Morgan fingerprint density at radius 3 is 1.95 bits per heavy atom. The van der Waals surface area contributed by atoms with E-state index in [1.807, 2.05) is 25.1 Å². The van der Waals surface area contributed by atoms with Gasteiger partial charge >= 0.3 is 63.3 Å². The van der Waals surface area contributed by atoms with E-state index in [1.165, 1.54) is 5.57 Å². The smallest absolute Gasteiger partial charge is 0.726 e. The van der Waals surface area contributed by atoms with Crippen LogP contribution < -0.4 is 51.4 Å². The molecule has 4 aliphatic rings. The van der Waals surface area contributed by atoms with Gasteiger partial charge in [-0.2, -0.15) is 0 Å². The number of rotatable bonds is 4. The second kappa shape index (κ2) is 21.1. The van der Waals surface area contributed by atoms with Crippen LogP contribution >= 0.6 is 0 Å². The summed E-state index contributed by atoms with van der Waals surface area (Å²) in [6, 6.07) is 25.7. The first kappa shape index (κ1) is 49.9. The average molecular weight is 886 g/mol. The van der Waals surface area contributed by atoms with Crippen LogP contribution in [0.2, 0.25) is 0 Å². The minimum atomic E-state index is -4.92. The molecule has 7 atom stereocenters. The van der Waals surface area contributed by atoms with Gasteiger partial charge in [-0.25, -0.2) is 27.8 Å². The summed E-state index contributed by atoms with van der Waals surface area (Å²) in [6.45, 7) is 3.46. The van der Waals surface area contributed by atoms with Gasteiger partial charge in [0.25, 0.3) is 0 Å². The predicted octanol–water partition coefficient (Wildman–Crippen LogP) is 2.35. The largest absolute Gasteiger partial charge is 1.00 e. The average Bonchev–Trinajstić information content (AvgIpc) is 3.50. The van der Waals surface area contributed by atoms with Crippen molar-refractivity contribution in [3.63, 3.8) is 0 Å². The van der Waals surface area contributed by atoms with Crippen molar-refractivity contribution in [2.45, 2.75) is 70.5 Å². The molecule has 1 unspecified atom stereocenters. The van der Waals surface area contributed by atoms with E-state index in [0.29, 0.717) is 35.9 Å². The molecule has 4 aromatic rings. The first-order valence-corrected chi connectivity index (χ1v) is 20.7. The van der Waals surface area contributed by atoms with E-state index in [1.54, 1.807) is 85.1 Å². The number of para-hydroxylation sites is 1. The Hall–Kier alpha value is -3.72. The van der Waals surface area contributed by atoms with Gasteiger partial charge in [-0.15, -0.1) is 0 Å². The van der Waals surface area contributed by atoms with E-state index in [4.69, 9.17) is 17.5 Å². The molecular formula is C44H48KNO14S. The second-order valence-corrected chi connectivity index (χ2v) is 16.7. The molecule has 17 heteroatoms. The minimum absolute atomic E-state index is 0. The third kappa shape index (κ3) is 11.7. The predicted molar refractivity (Wildman–Crippen MR) is 215 cm³/mol. The molecule has 61 heavy (non-hydrogen) atoms. The molecule has 0 amide bonds. The van der Waals surface area contributed by atoms with Gasteiger partial charge in [-0.05, 0) is 104 Å². The second-order valence-electron chi connectivity index (χ2n) is 15.8. The number of nitrogens with zero attached hydrogens (tertiary/aromatic N) is 1. The van der Waals surface area contributed by atoms with E-state index in [9.17, 15) is 39.6 Å². The summed E-state index contributed by atoms with van der Waals surface area (Å²) in [4.78, 5) is 60.2. The van der Waals surface area contributed by atoms with Crippen LogP contribution in [-0.4, -0.2) is 84.8 Å². The summed E-state index contributed by atoms with van der Waals surface area (Å²) in [6.07, 6.45) is 7.40. The van der Waals surface area contributed by atoms with Crippen LogP contribution in [0.3, 0.4) is 0 Å². The number of benzene rings is 3. The van der Waals surface area contributed by atoms with Crippen LogP contribution in [0.1, 0.15) is 79.5 Å². The van der Waals surface area contributed by atoms with E-state index >= 15 is 0 Å². The Morgan fingerprint density at radius 2 is 1.41 bits per heavy atom. The van der Waals surface area contributed by atoms with E-state index in [2.05, 4.69) is 21.7 Å². The Balaban J connectivity index is 0.000000202. The first-order chi connectivity index (χ1) is 28.3. The molecule has 3 saturated carbocycles. The van der Waals surface area contributed by atoms with Gasteiger partial charge in [0, 0.05) is 23.4 Å². The van der Waals surface area contributed by atoms with E-state index in [-0.39, 0.29) is 86.1 Å². The maximum absolute atomic E-state index is 12.4. The van der Waals surface area contributed by atoms with Gasteiger partial charge in [0.15, 0.2) is 11.6 Å². The number of phenols is 1. The summed E-state index contributed by atoms with van der Waals surface area (Å²) >= 11 is 0. The molecule has 1 aromatic heterocycles. The molecule has 0 bridgehead atoms. The zero-order valence-electron chi connectivity index (χ0n) is 34.0. The number of allylic oxidation sites excluding steroid dienone is 1. The molecule has 320 valence electrons. The Morgan fingerprint density at radius 1 is 0.852 bits per heavy atom. The van der Waals surface area contributed by atoms with Gasteiger partial charge in [0.05, 0.1) is 17.2 Å². The number of phenolic OH excluding ortho intramolecular Hbond substituents is 1. The molecule has 0 saturated heterocycles. The van der Waals surface area contributed by atoms with Crippen LogP contribution in [0.4, 0.5) is 0 Å². The fraction of sp³-hybridized carbons (Fsp3) is 0.386. The number of hydrogen-bond acceptors (Lipinski definition) is 14. The fourth-order valence-electron chi connectivity index (χ4n) is 9.69. The van der Waals surface area contributed by atoms with Gasteiger partial charge in [-0.1, -0.05) is 74.0 Å². The monoisotopic (exact) mass is 885 g/mol. The Kier molecular flexibility index (Phi) is 17.3. The van der Waals surface area contributed by atoms with Crippen LogP contribution in [0, 0.1) is 28.6 Å². The van der Waals surface area contributed by atoms with Crippen LogP contribution in [-0.2, 0) is 29.8 Å². The molecule has 1 heterocycles. The zero-order chi connectivity index (χ0) is 43.9. The fourth-order valence-corrected chi connectivity index (χ4v) is 9.69. The van der Waals surface area contributed by atoms with Gasteiger partial charge in [-0.3, -0.25) is 19.1 Å². The molecule has 0 spiro atoms. The number of carbonyl (C=O) groups is 4. The summed E-state index contributed by atoms with van der Waals surface area (Å²) in [5.41, 5.74) is 0.0659. The molecule has 8 rings (SSSR count). The van der Waals surface area contributed by atoms with Crippen LogP contribution in [0.5, 0.6) is 5.75 Å². The van der Waals surface area contributed by atoms with Gasteiger partial charge in [0.2, 0.25) is 10.4 Å². The third-order valence-corrected chi connectivity index (χ3v) is 12.5. The van der Waals surface area contributed by atoms with E-state index in [0.717, 1.165) is 31.1 Å². The molecule has 15 nitrogen and oxygen atoms in total. The van der Waals surface area contributed by atoms with Crippen molar-refractivity contribution in [3.05, 3.63) is 120 Å². The number of ketones is 2. The number of aromatic nitrogens is 1. The van der Waals surface area contributed by atoms with E-state index < -0.39 is 51.8 Å². The van der Waals surface area contributed by atoms with Crippen molar-refractivity contribution in [1.29, 1.82) is 0 Å². The first-order valence-electron chi connectivity index (χ1n) is 19.3. The van der Waals surface area contributed by atoms with Crippen molar-refractivity contribution < 1.29 is 118 Å². The van der Waals surface area contributed by atoms with Gasteiger partial charge in [0.1, 0.15) is 23.5 Å². The van der Waals surface area contributed by atoms with Crippen LogP contribution in [0.15, 0.2) is 109 Å². The van der Waals surface area contributed by atoms with Crippen molar-refractivity contribution in [2.24, 2.45) is 28.6 Å². The van der Waals surface area contributed by atoms with Crippen molar-refractivity contribution >= 4 is 44.8 Å². The molecule has 3 fully saturated rings. The quantitative estimate of drug-likeness (QED) is 0.0648. The standard InChI is InChI=1S/C21H30O5.C14H10O4.C9H7NO.K.H2O4S/c1-19-7-5-13(23)9-12(19)3-4-14-15-6-8-21(26,17(25)11-22)20(15,2)10-16(24)18(14)19;15-13(11-7-3-1-4-8-11)17-18-14(16)12-9-5-2-6-10-12;11-8-5-1-3-7-4-2-6-10-9(7)8;;1-5(2,3)4/h9,14-16,18,22,24,26H,3-8,10-11H2,1-2H3;1-10H;1-6,11H;;(H2,1,2,3,4)/q;;;+1;/p-1/t14-,15-,16-,18?,19-,20-,21-;;;;/m0..../s1. The number of Topliss-reactive ketones (excluding diaryl/α,β-unsaturated/α-hetero) is 1.